The molecule has 1 saturated heterocycles. The first-order valence-corrected chi connectivity index (χ1v) is 23.1. The normalized spacial score (nSPS) is 20.7. The topological polar surface area (TPSA) is 135 Å². The first-order chi connectivity index (χ1) is 26.4. The number of carbonyl (C=O) groups excluding carboxylic acids is 1. The Morgan fingerprint density at radius 2 is 0.907 bits per heavy atom. The summed E-state index contributed by atoms with van der Waals surface area (Å²) in [7, 11) is 0. The number of unbranched alkanes of at least 4 members (excludes halogenated alkanes) is 29. The van der Waals surface area contributed by atoms with Crippen LogP contribution >= 0.6 is 0 Å². The molecule has 1 aliphatic heterocycles. The molecule has 0 bridgehead atoms. The van der Waals surface area contributed by atoms with Gasteiger partial charge in [-0.2, -0.15) is 0 Å². The van der Waals surface area contributed by atoms with E-state index in [9.17, 15) is 25.2 Å². The Bertz CT molecular complexity index is 797. The molecular formula is C45H88O9. The van der Waals surface area contributed by atoms with E-state index in [1.165, 1.54) is 167 Å². The van der Waals surface area contributed by atoms with Gasteiger partial charge in [-0.05, 0) is 12.8 Å². The van der Waals surface area contributed by atoms with Crippen LogP contribution in [0.4, 0.5) is 0 Å². The smallest absolute Gasteiger partial charge is 0.306 e. The van der Waals surface area contributed by atoms with Crippen molar-refractivity contribution >= 4 is 5.97 Å². The molecule has 0 saturated carbocycles. The van der Waals surface area contributed by atoms with Crippen LogP contribution in [-0.4, -0.2) is 89.6 Å². The molecule has 0 radical (unpaired) electrons. The largest absolute Gasteiger partial charge is 0.457 e. The molecule has 54 heavy (non-hydrogen) atoms. The molecule has 322 valence electrons. The Balaban J connectivity index is 2.07. The van der Waals surface area contributed by atoms with Gasteiger partial charge in [0.15, 0.2) is 6.29 Å². The van der Waals surface area contributed by atoms with Crippen LogP contribution in [0.5, 0.6) is 0 Å². The fourth-order valence-electron chi connectivity index (χ4n) is 7.38. The average molecular weight is 773 g/mol. The molecule has 0 aromatic rings. The van der Waals surface area contributed by atoms with Crippen LogP contribution < -0.4 is 0 Å². The summed E-state index contributed by atoms with van der Waals surface area (Å²) < 4.78 is 22.6. The molecule has 0 aliphatic carbocycles. The molecule has 9 nitrogen and oxygen atoms in total. The highest BCUT2D eigenvalue weighted by molar-refractivity contribution is 5.69. The predicted octanol–water partition coefficient (Wildman–Crippen LogP) is 10.3. The van der Waals surface area contributed by atoms with Gasteiger partial charge in [-0.15, -0.1) is 0 Å². The zero-order chi connectivity index (χ0) is 39.3. The molecular weight excluding hydrogens is 684 g/mol. The number of rotatable bonds is 40. The van der Waals surface area contributed by atoms with Gasteiger partial charge in [-0.25, -0.2) is 0 Å². The van der Waals surface area contributed by atoms with Crippen LogP contribution in [0.3, 0.4) is 0 Å². The van der Waals surface area contributed by atoms with Crippen molar-refractivity contribution in [1.82, 2.24) is 0 Å². The highest BCUT2D eigenvalue weighted by atomic mass is 16.7. The zero-order valence-electron chi connectivity index (χ0n) is 35.3. The molecule has 1 fully saturated rings. The maximum atomic E-state index is 12.7. The predicted molar refractivity (Wildman–Crippen MR) is 220 cm³/mol. The minimum atomic E-state index is -1.53. The Morgan fingerprint density at radius 3 is 1.31 bits per heavy atom. The Hall–Kier alpha value is -0.810. The monoisotopic (exact) mass is 773 g/mol. The summed E-state index contributed by atoms with van der Waals surface area (Å²) in [5, 5.41) is 39.9. The van der Waals surface area contributed by atoms with Crippen LogP contribution in [0.25, 0.3) is 0 Å². The number of hydrogen-bond donors (Lipinski definition) is 4. The van der Waals surface area contributed by atoms with E-state index in [1.54, 1.807) is 0 Å². The number of carbonyl (C=O) groups is 1. The van der Waals surface area contributed by atoms with Gasteiger partial charge in [0.1, 0.15) is 30.5 Å². The summed E-state index contributed by atoms with van der Waals surface area (Å²) in [5.74, 6) is -0.311. The van der Waals surface area contributed by atoms with Crippen LogP contribution in [0.1, 0.15) is 219 Å². The van der Waals surface area contributed by atoms with Crippen LogP contribution in [0, 0.1) is 0 Å². The van der Waals surface area contributed by atoms with Crippen molar-refractivity contribution < 1.29 is 44.2 Å². The Labute approximate surface area is 332 Å². The molecule has 0 aromatic heterocycles. The van der Waals surface area contributed by atoms with Gasteiger partial charge < -0.3 is 39.4 Å². The maximum Gasteiger partial charge on any atom is 0.306 e. The lowest BCUT2D eigenvalue weighted by Crippen LogP contribution is -2.59. The number of esters is 1. The second-order valence-corrected chi connectivity index (χ2v) is 16.2. The first kappa shape index (κ1) is 51.2. The van der Waals surface area contributed by atoms with Crippen molar-refractivity contribution in [1.29, 1.82) is 0 Å². The van der Waals surface area contributed by atoms with Gasteiger partial charge in [0.25, 0.3) is 0 Å². The van der Waals surface area contributed by atoms with Gasteiger partial charge in [0.2, 0.25) is 0 Å². The molecule has 0 aromatic carbocycles. The van der Waals surface area contributed by atoms with Gasteiger partial charge in [-0.1, -0.05) is 200 Å². The Kier molecular flexibility index (Phi) is 35.8. The number of aliphatic hydroxyl groups is 4. The molecule has 4 N–H and O–H groups in total. The van der Waals surface area contributed by atoms with Crippen molar-refractivity contribution in [3.05, 3.63) is 0 Å². The average Bonchev–Trinajstić information content (AvgIpc) is 3.17. The number of ether oxygens (including phenoxy) is 4. The van der Waals surface area contributed by atoms with Gasteiger partial charge in [0, 0.05) is 13.0 Å². The molecule has 1 rings (SSSR count). The van der Waals surface area contributed by atoms with E-state index < -0.39 is 43.4 Å². The molecule has 0 spiro atoms. The summed E-state index contributed by atoms with van der Waals surface area (Å²) in [6.07, 6.45) is 33.2. The van der Waals surface area contributed by atoms with E-state index in [1.807, 2.05) is 0 Å². The van der Waals surface area contributed by atoms with E-state index in [0.717, 1.165) is 32.1 Å². The van der Waals surface area contributed by atoms with Crippen molar-refractivity contribution in [2.75, 3.05) is 26.4 Å². The molecule has 9 heteroatoms. The van der Waals surface area contributed by atoms with Crippen LogP contribution in [0.2, 0.25) is 0 Å². The van der Waals surface area contributed by atoms with E-state index in [0.29, 0.717) is 13.0 Å². The van der Waals surface area contributed by atoms with Gasteiger partial charge >= 0.3 is 5.97 Å². The summed E-state index contributed by atoms with van der Waals surface area (Å²) in [6, 6.07) is 0. The molecule has 0 amide bonds. The SMILES string of the molecule is CCCCCCCCCCCCCCCCCCCCCCCCCCCC(=O)OC(COCCCCCCCC)COC1OC(CO)C(O)C(O)C1O. The van der Waals surface area contributed by atoms with Crippen molar-refractivity contribution in [2.24, 2.45) is 0 Å². The second kappa shape index (κ2) is 37.7. The number of hydrogen-bond acceptors (Lipinski definition) is 9. The lowest BCUT2D eigenvalue weighted by Gasteiger charge is -2.39. The third-order valence-corrected chi connectivity index (χ3v) is 11.0. The van der Waals surface area contributed by atoms with E-state index in [-0.39, 0.29) is 19.2 Å². The highest BCUT2D eigenvalue weighted by Crippen LogP contribution is 2.23. The molecule has 6 unspecified atom stereocenters. The lowest BCUT2D eigenvalue weighted by atomic mass is 9.99. The first-order valence-electron chi connectivity index (χ1n) is 23.1. The van der Waals surface area contributed by atoms with Crippen molar-refractivity contribution in [2.45, 2.75) is 256 Å². The van der Waals surface area contributed by atoms with Crippen molar-refractivity contribution in [3.8, 4) is 0 Å². The highest BCUT2D eigenvalue weighted by Gasteiger charge is 2.44. The molecule has 1 aliphatic rings. The summed E-state index contributed by atoms with van der Waals surface area (Å²) in [4.78, 5) is 12.7. The molecule has 6 atom stereocenters. The van der Waals surface area contributed by atoms with Crippen molar-refractivity contribution in [3.63, 3.8) is 0 Å². The van der Waals surface area contributed by atoms with E-state index in [2.05, 4.69) is 13.8 Å². The zero-order valence-corrected chi connectivity index (χ0v) is 35.3. The molecule has 1 heterocycles. The standard InChI is InChI=1S/C45H88O9/c1-3-5-7-9-11-12-13-14-15-16-17-18-19-20-21-22-23-24-25-26-27-28-29-30-32-34-41(47)53-39(37-51-35-33-31-10-8-6-4-2)38-52-45-44(50)43(49)42(48)40(36-46)54-45/h39-40,42-46,48-50H,3-38H2,1-2H3. The summed E-state index contributed by atoms with van der Waals surface area (Å²) in [6.45, 7) is 4.55. The fourth-order valence-corrected chi connectivity index (χ4v) is 7.38. The second-order valence-electron chi connectivity index (χ2n) is 16.2. The number of aliphatic hydroxyl groups excluding tert-OH is 4. The minimum absolute atomic E-state index is 0.107. The summed E-state index contributed by atoms with van der Waals surface area (Å²) in [5.41, 5.74) is 0. The third-order valence-electron chi connectivity index (χ3n) is 11.0. The van der Waals surface area contributed by atoms with E-state index >= 15 is 0 Å². The van der Waals surface area contributed by atoms with Crippen LogP contribution in [-0.2, 0) is 23.7 Å². The lowest BCUT2D eigenvalue weighted by molar-refractivity contribution is -0.305. The van der Waals surface area contributed by atoms with Gasteiger partial charge in [0.05, 0.1) is 19.8 Å². The fraction of sp³-hybridized carbons (Fsp3) is 0.978. The summed E-state index contributed by atoms with van der Waals surface area (Å²) >= 11 is 0. The Morgan fingerprint density at radius 1 is 0.519 bits per heavy atom. The maximum absolute atomic E-state index is 12.7. The quantitative estimate of drug-likeness (QED) is 0.0355. The van der Waals surface area contributed by atoms with E-state index in [4.69, 9.17) is 18.9 Å². The van der Waals surface area contributed by atoms with Crippen LogP contribution in [0.15, 0.2) is 0 Å². The minimum Gasteiger partial charge on any atom is -0.457 e. The third kappa shape index (κ3) is 28.6. The van der Waals surface area contributed by atoms with Gasteiger partial charge in [-0.3, -0.25) is 4.79 Å².